The summed E-state index contributed by atoms with van der Waals surface area (Å²) < 4.78 is 1.67. The van der Waals surface area contributed by atoms with Crippen LogP contribution in [0.3, 0.4) is 0 Å². The van der Waals surface area contributed by atoms with Crippen molar-refractivity contribution in [2.75, 3.05) is 23.7 Å². The van der Waals surface area contributed by atoms with Crippen LogP contribution >= 0.6 is 11.8 Å². The monoisotopic (exact) mass is 292 g/mol. The summed E-state index contributed by atoms with van der Waals surface area (Å²) in [5, 5.41) is 14.9. The Morgan fingerprint density at radius 3 is 3.00 bits per heavy atom. The van der Waals surface area contributed by atoms with E-state index in [2.05, 4.69) is 21.9 Å². The quantitative estimate of drug-likeness (QED) is 0.906. The van der Waals surface area contributed by atoms with Crippen LogP contribution in [0.1, 0.15) is 17.3 Å². The van der Waals surface area contributed by atoms with Crippen molar-refractivity contribution in [1.82, 2.24) is 14.8 Å². The molecule has 1 aliphatic heterocycles. The molecule has 0 radical (unpaired) electrons. The molecule has 1 saturated heterocycles. The normalized spacial score (nSPS) is 19.5. The SMILES string of the molecule is CC1CN(c2c(C(=O)O)cnc3c2cnn3C)CCS1. The Kier molecular flexibility index (Phi) is 3.29. The second-order valence-corrected chi connectivity index (χ2v) is 6.50. The van der Waals surface area contributed by atoms with E-state index >= 15 is 0 Å². The fraction of sp³-hybridized carbons (Fsp3) is 0.462. The average molecular weight is 292 g/mol. The number of thioether (sulfide) groups is 1. The van der Waals surface area contributed by atoms with Crippen molar-refractivity contribution >= 4 is 34.5 Å². The third-order valence-electron chi connectivity index (χ3n) is 3.52. The van der Waals surface area contributed by atoms with Crippen LogP contribution in [0.15, 0.2) is 12.4 Å². The van der Waals surface area contributed by atoms with Gasteiger partial charge in [-0.3, -0.25) is 4.68 Å². The van der Waals surface area contributed by atoms with Gasteiger partial charge in [0.25, 0.3) is 0 Å². The second kappa shape index (κ2) is 4.97. The number of aromatic nitrogens is 3. The smallest absolute Gasteiger partial charge is 0.339 e. The van der Waals surface area contributed by atoms with Gasteiger partial charge in [0.05, 0.1) is 17.3 Å². The molecular formula is C13H16N4O2S. The first-order valence-corrected chi connectivity index (χ1v) is 7.53. The van der Waals surface area contributed by atoms with Crippen LogP contribution in [0.4, 0.5) is 5.69 Å². The molecule has 106 valence electrons. The zero-order valence-electron chi connectivity index (χ0n) is 11.4. The third kappa shape index (κ3) is 2.11. The first-order chi connectivity index (χ1) is 9.58. The summed E-state index contributed by atoms with van der Waals surface area (Å²) in [6, 6.07) is 0. The number of hydrogen-bond donors (Lipinski definition) is 1. The van der Waals surface area contributed by atoms with Crippen LogP contribution < -0.4 is 4.90 Å². The van der Waals surface area contributed by atoms with Gasteiger partial charge in [-0.15, -0.1) is 0 Å². The predicted molar refractivity (Wildman–Crippen MR) is 79.6 cm³/mol. The lowest BCUT2D eigenvalue weighted by Gasteiger charge is -2.33. The van der Waals surface area contributed by atoms with E-state index in [-0.39, 0.29) is 5.56 Å². The Bertz CT molecular complexity index is 670. The lowest BCUT2D eigenvalue weighted by Crippen LogP contribution is -2.37. The van der Waals surface area contributed by atoms with E-state index in [9.17, 15) is 9.90 Å². The highest BCUT2D eigenvalue weighted by molar-refractivity contribution is 8.00. The van der Waals surface area contributed by atoms with Crippen molar-refractivity contribution < 1.29 is 9.90 Å². The maximum Gasteiger partial charge on any atom is 0.339 e. The number of rotatable bonds is 2. The molecule has 1 N–H and O–H groups in total. The van der Waals surface area contributed by atoms with Gasteiger partial charge in [0, 0.05) is 37.3 Å². The third-order valence-corrected chi connectivity index (χ3v) is 4.66. The van der Waals surface area contributed by atoms with Gasteiger partial charge in [0.2, 0.25) is 0 Å². The first kappa shape index (κ1) is 13.2. The summed E-state index contributed by atoms with van der Waals surface area (Å²) in [4.78, 5) is 17.9. The van der Waals surface area contributed by atoms with E-state index in [0.717, 1.165) is 35.6 Å². The van der Waals surface area contributed by atoms with E-state index in [1.807, 2.05) is 18.8 Å². The molecule has 20 heavy (non-hydrogen) atoms. The van der Waals surface area contributed by atoms with Crippen LogP contribution in [0, 0.1) is 0 Å². The summed E-state index contributed by atoms with van der Waals surface area (Å²) in [6.07, 6.45) is 3.14. The average Bonchev–Trinajstić information content (AvgIpc) is 2.79. The van der Waals surface area contributed by atoms with Crippen molar-refractivity contribution in [2.45, 2.75) is 12.2 Å². The Morgan fingerprint density at radius 1 is 1.50 bits per heavy atom. The summed E-state index contributed by atoms with van der Waals surface area (Å²) in [5.74, 6) is 0.0637. The molecule has 3 heterocycles. The van der Waals surface area contributed by atoms with E-state index in [1.54, 1.807) is 10.9 Å². The van der Waals surface area contributed by atoms with Gasteiger partial charge in [-0.2, -0.15) is 16.9 Å². The van der Waals surface area contributed by atoms with Gasteiger partial charge < -0.3 is 10.0 Å². The topological polar surface area (TPSA) is 71.2 Å². The molecule has 1 unspecified atom stereocenters. The molecule has 3 rings (SSSR count). The zero-order chi connectivity index (χ0) is 14.3. The highest BCUT2D eigenvalue weighted by atomic mass is 32.2. The van der Waals surface area contributed by atoms with Gasteiger partial charge in [-0.05, 0) is 0 Å². The maximum absolute atomic E-state index is 11.5. The minimum Gasteiger partial charge on any atom is -0.478 e. The number of carboxylic acid groups (broad SMARTS) is 1. The van der Waals surface area contributed by atoms with Crippen LogP contribution in [0.25, 0.3) is 11.0 Å². The molecule has 0 amide bonds. The van der Waals surface area contributed by atoms with Crippen LogP contribution in [0.5, 0.6) is 0 Å². The van der Waals surface area contributed by atoms with Crippen LogP contribution in [-0.2, 0) is 7.05 Å². The van der Waals surface area contributed by atoms with Gasteiger partial charge in [-0.1, -0.05) is 6.92 Å². The molecule has 7 heteroatoms. The molecule has 0 saturated carbocycles. The fourth-order valence-electron chi connectivity index (χ4n) is 2.60. The van der Waals surface area contributed by atoms with Crippen molar-refractivity contribution in [3.63, 3.8) is 0 Å². The Morgan fingerprint density at radius 2 is 2.30 bits per heavy atom. The van der Waals surface area contributed by atoms with Crippen molar-refractivity contribution in [3.8, 4) is 0 Å². The number of pyridine rings is 1. The van der Waals surface area contributed by atoms with Gasteiger partial charge in [-0.25, -0.2) is 9.78 Å². The molecule has 1 atom stereocenters. The van der Waals surface area contributed by atoms with E-state index < -0.39 is 5.97 Å². The molecule has 0 spiro atoms. The fourth-order valence-corrected chi connectivity index (χ4v) is 3.62. The standard InChI is InChI=1S/C13H16N4O2S/c1-8-7-17(3-4-20-8)11-9-6-15-16(2)12(9)14-5-10(11)13(18)19/h5-6,8H,3-4,7H2,1-2H3,(H,18,19). The number of carboxylic acids is 1. The Labute approximate surface area is 120 Å². The number of carbonyl (C=O) groups is 1. The lowest BCUT2D eigenvalue weighted by atomic mass is 10.1. The molecule has 6 nitrogen and oxygen atoms in total. The second-order valence-electron chi connectivity index (χ2n) is 4.96. The summed E-state index contributed by atoms with van der Waals surface area (Å²) in [7, 11) is 1.81. The number of hydrogen-bond acceptors (Lipinski definition) is 5. The highest BCUT2D eigenvalue weighted by Gasteiger charge is 2.25. The van der Waals surface area contributed by atoms with E-state index in [1.165, 1.54) is 6.20 Å². The largest absolute Gasteiger partial charge is 0.478 e. The van der Waals surface area contributed by atoms with Gasteiger partial charge in [0.15, 0.2) is 5.65 Å². The molecule has 0 aliphatic carbocycles. The van der Waals surface area contributed by atoms with Crippen molar-refractivity contribution in [2.24, 2.45) is 7.05 Å². The molecule has 1 fully saturated rings. The zero-order valence-corrected chi connectivity index (χ0v) is 12.2. The molecule has 0 bridgehead atoms. The molecule has 2 aromatic heterocycles. The van der Waals surface area contributed by atoms with Crippen molar-refractivity contribution in [3.05, 3.63) is 18.0 Å². The minimum atomic E-state index is -0.941. The number of fused-ring (bicyclic) bond motifs is 1. The predicted octanol–water partition coefficient (Wildman–Crippen LogP) is 1.61. The van der Waals surface area contributed by atoms with E-state index in [0.29, 0.717) is 5.25 Å². The molecular weight excluding hydrogens is 276 g/mol. The Balaban J connectivity index is 2.19. The summed E-state index contributed by atoms with van der Waals surface area (Å²) in [5.41, 5.74) is 1.73. The molecule has 2 aromatic rings. The van der Waals surface area contributed by atoms with Crippen LogP contribution in [0.2, 0.25) is 0 Å². The summed E-state index contributed by atoms with van der Waals surface area (Å²) >= 11 is 1.92. The van der Waals surface area contributed by atoms with E-state index in [4.69, 9.17) is 0 Å². The molecule has 1 aliphatic rings. The number of aromatic carboxylic acids is 1. The minimum absolute atomic E-state index is 0.254. The number of nitrogens with zero attached hydrogens (tertiary/aromatic N) is 4. The first-order valence-electron chi connectivity index (χ1n) is 6.48. The Hall–Kier alpha value is -1.76. The summed E-state index contributed by atoms with van der Waals surface area (Å²) in [6.45, 7) is 3.86. The maximum atomic E-state index is 11.5. The highest BCUT2D eigenvalue weighted by Crippen LogP contribution is 2.32. The number of anilines is 1. The van der Waals surface area contributed by atoms with Gasteiger partial charge in [0.1, 0.15) is 5.56 Å². The van der Waals surface area contributed by atoms with Gasteiger partial charge >= 0.3 is 5.97 Å². The molecule has 0 aromatic carbocycles. The number of aryl methyl sites for hydroxylation is 1. The van der Waals surface area contributed by atoms with Crippen LogP contribution in [-0.4, -0.2) is 49.9 Å². The van der Waals surface area contributed by atoms with Crippen molar-refractivity contribution in [1.29, 1.82) is 0 Å². The lowest BCUT2D eigenvalue weighted by molar-refractivity contribution is 0.0697.